The van der Waals surface area contributed by atoms with Crippen molar-refractivity contribution in [3.63, 3.8) is 0 Å². The molecule has 1 heterocycles. The van der Waals surface area contributed by atoms with Gasteiger partial charge in [0.25, 0.3) is 0 Å². The van der Waals surface area contributed by atoms with Gasteiger partial charge in [0.05, 0.1) is 7.11 Å². The van der Waals surface area contributed by atoms with Crippen molar-refractivity contribution >= 4 is 0 Å². The Morgan fingerprint density at radius 3 is 2.71 bits per heavy atom. The monoisotopic (exact) mass is 233 g/mol. The molecule has 0 spiro atoms. The molecule has 0 aliphatic carbocycles. The van der Waals surface area contributed by atoms with E-state index >= 15 is 0 Å². The molecule has 94 valence electrons. The first-order chi connectivity index (χ1) is 8.31. The van der Waals surface area contributed by atoms with E-state index in [1.165, 1.54) is 44.5 Å². The molecule has 1 fully saturated rings. The molecule has 0 radical (unpaired) electrons. The van der Waals surface area contributed by atoms with E-state index in [-0.39, 0.29) is 0 Å². The molecule has 0 bridgehead atoms. The summed E-state index contributed by atoms with van der Waals surface area (Å²) in [5.41, 5.74) is 1.42. The van der Waals surface area contributed by atoms with E-state index in [0.717, 1.165) is 11.7 Å². The van der Waals surface area contributed by atoms with Gasteiger partial charge in [0, 0.05) is 0 Å². The van der Waals surface area contributed by atoms with Gasteiger partial charge in [0.15, 0.2) is 0 Å². The summed E-state index contributed by atoms with van der Waals surface area (Å²) in [7, 11) is 1.73. The van der Waals surface area contributed by atoms with E-state index in [1.54, 1.807) is 7.11 Å². The van der Waals surface area contributed by atoms with Crippen LogP contribution in [0, 0.1) is 5.92 Å². The van der Waals surface area contributed by atoms with E-state index in [2.05, 4.69) is 30.0 Å². The maximum atomic E-state index is 5.27. The highest BCUT2D eigenvalue weighted by molar-refractivity contribution is 5.28. The molecule has 1 aromatic carbocycles. The number of ether oxygens (including phenoxy) is 1. The van der Waals surface area contributed by atoms with Crippen LogP contribution in [-0.2, 0) is 6.42 Å². The fourth-order valence-corrected chi connectivity index (χ4v) is 2.64. The summed E-state index contributed by atoms with van der Waals surface area (Å²) in [5, 5.41) is 0. The third-order valence-corrected chi connectivity index (χ3v) is 3.81. The number of likely N-dealkylation sites (tertiary alicyclic amines) is 1. The molecule has 0 N–H and O–H groups in total. The van der Waals surface area contributed by atoms with E-state index in [0.29, 0.717) is 0 Å². The van der Waals surface area contributed by atoms with Crippen molar-refractivity contribution in [2.75, 3.05) is 26.7 Å². The molecule has 1 aliphatic heterocycles. The van der Waals surface area contributed by atoms with Crippen LogP contribution < -0.4 is 4.74 Å². The summed E-state index contributed by atoms with van der Waals surface area (Å²) in [4.78, 5) is 2.54. The Kier molecular flexibility index (Phi) is 4.43. The number of hydrogen-bond acceptors (Lipinski definition) is 2. The molecule has 17 heavy (non-hydrogen) atoms. The van der Waals surface area contributed by atoms with Crippen LogP contribution in [0.4, 0.5) is 0 Å². The second kappa shape index (κ2) is 6.06. The minimum atomic E-state index is 0.852. The van der Waals surface area contributed by atoms with Crippen molar-refractivity contribution in [3.05, 3.63) is 29.8 Å². The van der Waals surface area contributed by atoms with Gasteiger partial charge < -0.3 is 9.64 Å². The minimum absolute atomic E-state index is 0.852. The van der Waals surface area contributed by atoms with Crippen LogP contribution in [0.25, 0.3) is 0 Å². The first-order valence-corrected chi connectivity index (χ1v) is 6.67. The van der Waals surface area contributed by atoms with Gasteiger partial charge in [0.1, 0.15) is 5.75 Å². The summed E-state index contributed by atoms with van der Waals surface area (Å²) in [6.07, 6.45) is 3.88. The van der Waals surface area contributed by atoms with Gasteiger partial charge in [-0.05, 0) is 62.5 Å². The molecule has 0 saturated carbocycles. The van der Waals surface area contributed by atoms with Gasteiger partial charge in [-0.25, -0.2) is 0 Å². The lowest BCUT2D eigenvalue weighted by molar-refractivity contribution is 0.192. The van der Waals surface area contributed by atoms with Crippen molar-refractivity contribution in [1.82, 2.24) is 4.90 Å². The maximum absolute atomic E-state index is 5.27. The number of nitrogens with zero attached hydrogens (tertiary/aromatic N) is 1. The lowest BCUT2D eigenvalue weighted by Gasteiger charge is -2.31. The van der Waals surface area contributed by atoms with Crippen LogP contribution in [0.2, 0.25) is 0 Å². The smallest absolute Gasteiger partial charge is 0.119 e. The summed E-state index contributed by atoms with van der Waals surface area (Å²) in [6, 6.07) is 8.50. The predicted octanol–water partition coefficient (Wildman–Crippen LogP) is 2.97. The van der Waals surface area contributed by atoms with E-state index in [1.807, 2.05) is 6.07 Å². The summed E-state index contributed by atoms with van der Waals surface area (Å²) in [5.74, 6) is 1.83. The normalized spacial score (nSPS) is 18.2. The van der Waals surface area contributed by atoms with Crippen LogP contribution in [-0.4, -0.2) is 31.6 Å². The Hall–Kier alpha value is -1.02. The van der Waals surface area contributed by atoms with Crippen molar-refractivity contribution in [3.8, 4) is 5.75 Å². The maximum Gasteiger partial charge on any atom is 0.119 e. The summed E-state index contributed by atoms with van der Waals surface area (Å²) in [6.45, 7) is 5.99. The topological polar surface area (TPSA) is 12.5 Å². The van der Waals surface area contributed by atoms with Crippen LogP contribution in [0.3, 0.4) is 0 Å². The molecular weight excluding hydrogens is 210 g/mol. The van der Waals surface area contributed by atoms with Crippen molar-refractivity contribution in [1.29, 1.82) is 0 Å². The molecule has 2 rings (SSSR count). The molecule has 2 nitrogen and oxygen atoms in total. The number of hydrogen-bond donors (Lipinski definition) is 0. The van der Waals surface area contributed by atoms with Gasteiger partial charge in [-0.2, -0.15) is 0 Å². The van der Waals surface area contributed by atoms with E-state index in [4.69, 9.17) is 4.74 Å². The van der Waals surface area contributed by atoms with Gasteiger partial charge in [-0.15, -0.1) is 0 Å². The van der Waals surface area contributed by atoms with Gasteiger partial charge in [0.2, 0.25) is 0 Å². The van der Waals surface area contributed by atoms with Crippen LogP contribution >= 0.6 is 0 Å². The number of methoxy groups -OCH3 is 1. The Morgan fingerprint density at radius 2 is 2.06 bits per heavy atom. The van der Waals surface area contributed by atoms with E-state index < -0.39 is 0 Å². The zero-order valence-corrected chi connectivity index (χ0v) is 11.0. The molecular formula is C15H23NO. The van der Waals surface area contributed by atoms with Gasteiger partial charge >= 0.3 is 0 Å². The third kappa shape index (κ3) is 3.47. The van der Waals surface area contributed by atoms with Crippen molar-refractivity contribution in [2.45, 2.75) is 26.2 Å². The highest BCUT2D eigenvalue weighted by Crippen LogP contribution is 2.23. The average Bonchev–Trinajstić information content (AvgIpc) is 2.40. The van der Waals surface area contributed by atoms with Crippen LogP contribution in [0.5, 0.6) is 5.75 Å². The largest absolute Gasteiger partial charge is 0.497 e. The van der Waals surface area contributed by atoms with Crippen molar-refractivity contribution in [2.24, 2.45) is 5.92 Å². The third-order valence-electron chi connectivity index (χ3n) is 3.81. The molecule has 1 aromatic rings. The first-order valence-electron chi connectivity index (χ1n) is 6.67. The van der Waals surface area contributed by atoms with Crippen molar-refractivity contribution < 1.29 is 4.74 Å². The Bertz CT molecular complexity index is 343. The SMILES string of the molecule is CCN1CCC(Cc2cccc(OC)c2)CC1. The second-order valence-corrected chi connectivity index (χ2v) is 4.93. The molecule has 2 heteroatoms. The van der Waals surface area contributed by atoms with Crippen LogP contribution in [0.15, 0.2) is 24.3 Å². The molecule has 0 amide bonds. The summed E-state index contributed by atoms with van der Waals surface area (Å²) < 4.78 is 5.27. The molecule has 1 saturated heterocycles. The molecule has 0 atom stereocenters. The standard InChI is InChI=1S/C15H23NO/c1-3-16-9-7-13(8-10-16)11-14-5-4-6-15(12-14)17-2/h4-6,12-13H,3,7-11H2,1-2H3. The highest BCUT2D eigenvalue weighted by Gasteiger charge is 2.18. The highest BCUT2D eigenvalue weighted by atomic mass is 16.5. The second-order valence-electron chi connectivity index (χ2n) is 4.93. The molecule has 1 aliphatic rings. The number of rotatable bonds is 4. The number of benzene rings is 1. The first kappa shape index (κ1) is 12.4. The molecule has 0 aromatic heterocycles. The lowest BCUT2D eigenvalue weighted by Crippen LogP contribution is -2.34. The van der Waals surface area contributed by atoms with Gasteiger partial charge in [-0.1, -0.05) is 19.1 Å². The lowest BCUT2D eigenvalue weighted by atomic mass is 9.90. The van der Waals surface area contributed by atoms with Gasteiger partial charge in [-0.3, -0.25) is 0 Å². The quantitative estimate of drug-likeness (QED) is 0.792. The molecule has 0 unspecified atom stereocenters. The summed E-state index contributed by atoms with van der Waals surface area (Å²) >= 11 is 0. The predicted molar refractivity (Wildman–Crippen MR) is 71.5 cm³/mol. The average molecular weight is 233 g/mol. The minimum Gasteiger partial charge on any atom is -0.497 e. The Labute approximate surface area is 105 Å². The Balaban J connectivity index is 1.88. The fourth-order valence-electron chi connectivity index (χ4n) is 2.64. The Morgan fingerprint density at radius 1 is 1.29 bits per heavy atom. The fraction of sp³-hybridized carbons (Fsp3) is 0.600. The van der Waals surface area contributed by atoms with Crippen LogP contribution in [0.1, 0.15) is 25.3 Å². The zero-order chi connectivity index (χ0) is 12.1. The zero-order valence-electron chi connectivity index (χ0n) is 11.0. The number of piperidine rings is 1. The van der Waals surface area contributed by atoms with E-state index in [9.17, 15) is 0 Å².